The van der Waals surface area contributed by atoms with Crippen LogP contribution in [0.3, 0.4) is 0 Å². The Morgan fingerprint density at radius 3 is 2.28 bits per heavy atom. The minimum atomic E-state index is 0.0670. The number of para-hydroxylation sites is 1. The summed E-state index contributed by atoms with van der Waals surface area (Å²) >= 11 is 0. The van der Waals surface area contributed by atoms with E-state index in [1.54, 1.807) is 0 Å². The first-order valence-electron chi connectivity index (χ1n) is 11.0. The highest BCUT2D eigenvalue weighted by Crippen LogP contribution is 2.45. The molecule has 0 N–H and O–H groups in total. The maximum Gasteiger partial charge on any atom is 0.144 e. The molecule has 4 rings (SSSR count). The van der Waals surface area contributed by atoms with E-state index in [-0.39, 0.29) is 5.41 Å². The molecule has 0 aliphatic heterocycles. The van der Waals surface area contributed by atoms with E-state index in [4.69, 9.17) is 4.98 Å². The van der Waals surface area contributed by atoms with Crippen LogP contribution in [0.5, 0.6) is 0 Å². The molecule has 2 aromatic carbocycles. The Kier molecular flexibility index (Phi) is 5.14. The van der Waals surface area contributed by atoms with Crippen molar-refractivity contribution < 1.29 is 0 Å². The summed E-state index contributed by atoms with van der Waals surface area (Å²) in [5.41, 5.74) is 5.94. The molecule has 0 atom stereocenters. The smallest absolute Gasteiger partial charge is 0.144 e. The molecule has 1 aromatic heterocycles. The van der Waals surface area contributed by atoms with Crippen LogP contribution < -0.4 is 0 Å². The van der Waals surface area contributed by atoms with Gasteiger partial charge in [0, 0.05) is 18.0 Å². The van der Waals surface area contributed by atoms with Gasteiger partial charge in [-0.2, -0.15) is 0 Å². The van der Waals surface area contributed by atoms with E-state index in [2.05, 4.69) is 93.9 Å². The second-order valence-corrected chi connectivity index (χ2v) is 10.4. The third-order valence-electron chi connectivity index (χ3n) is 6.57. The largest absolute Gasteiger partial charge is 0.299 e. The maximum absolute atomic E-state index is 4.76. The molecule has 3 aromatic rings. The lowest BCUT2D eigenvalue weighted by atomic mass is 9.70. The molecule has 0 amide bonds. The van der Waals surface area contributed by atoms with Crippen molar-refractivity contribution in [1.29, 1.82) is 0 Å². The molecule has 1 aliphatic rings. The fourth-order valence-corrected chi connectivity index (χ4v) is 4.76. The summed E-state index contributed by atoms with van der Waals surface area (Å²) in [6.07, 6.45) is 9.21. The minimum Gasteiger partial charge on any atom is -0.299 e. The van der Waals surface area contributed by atoms with Gasteiger partial charge >= 0.3 is 0 Å². The minimum absolute atomic E-state index is 0.0670. The molecule has 0 unspecified atom stereocenters. The molecule has 1 saturated carbocycles. The zero-order valence-corrected chi connectivity index (χ0v) is 18.6. The lowest BCUT2D eigenvalue weighted by Gasteiger charge is -2.36. The molecule has 0 spiro atoms. The summed E-state index contributed by atoms with van der Waals surface area (Å²) < 4.78 is 2.34. The van der Waals surface area contributed by atoms with Crippen LogP contribution in [0.2, 0.25) is 0 Å². The summed E-state index contributed by atoms with van der Waals surface area (Å²) in [7, 11) is 0. The summed E-state index contributed by atoms with van der Waals surface area (Å²) in [4.78, 5) is 4.76. The SMILES string of the molecule is CC1(C)CCC(c2cccc(C(C)(C)C)c2-n2ccnc2-c2ccccc2)CC1. The van der Waals surface area contributed by atoms with Gasteiger partial charge in [-0.1, -0.05) is 83.1 Å². The number of nitrogens with zero attached hydrogens (tertiary/aromatic N) is 2. The molecule has 0 bridgehead atoms. The monoisotopic (exact) mass is 386 g/mol. The quantitative estimate of drug-likeness (QED) is 0.455. The molecule has 0 radical (unpaired) electrons. The van der Waals surface area contributed by atoms with Gasteiger partial charge in [-0.15, -0.1) is 0 Å². The first kappa shape index (κ1) is 19.9. The molecular formula is C27H34N2. The molecule has 29 heavy (non-hydrogen) atoms. The summed E-state index contributed by atoms with van der Waals surface area (Å²) in [6.45, 7) is 11.8. The molecule has 1 aliphatic carbocycles. The van der Waals surface area contributed by atoms with Crippen molar-refractivity contribution in [1.82, 2.24) is 9.55 Å². The van der Waals surface area contributed by atoms with Crippen molar-refractivity contribution >= 4 is 0 Å². The Morgan fingerprint density at radius 2 is 1.62 bits per heavy atom. The van der Waals surface area contributed by atoms with Crippen LogP contribution in [-0.2, 0) is 5.41 Å². The number of rotatable bonds is 3. The molecule has 1 fully saturated rings. The average molecular weight is 387 g/mol. The highest BCUT2D eigenvalue weighted by atomic mass is 15.1. The van der Waals surface area contributed by atoms with E-state index in [1.165, 1.54) is 42.5 Å². The van der Waals surface area contributed by atoms with Gasteiger partial charge in [-0.25, -0.2) is 4.98 Å². The Bertz CT molecular complexity index is 963. The van der Waals surface area contributed by atoms with Crippen LogP contribution in [0.1, 0.15) is 77.3 Å². The van der Waals surface area contributed by atoms with E-state index in [0.717, 1.165) is 11.4 Å². The fraction of sp³-hybridized carbons (Fsp3) is 0.444. The van der Waals surface area contributed by atoms with Crippen LogP contribution >= 0.6 is 0 Å². The van der Waals surface area contributed by atoms with Crippen molar-refractivity contribution in [3.8, 4) is 17.1 Å². The van der Waals surface area contributed by atoms with Crippen molar-refractivity contribution in [2.45, 2.75) is 71.6 Å². The number of benzene rings is 2. The Hall–Kier alpha value is -2.35. The Balaban J connectivity index is 1.88. The number of hydrogen-bond donors (Lipinski definition) is 0. The summed E-state index contributed by atoms with van der Waals surface area (Å²) in [6, 6.07) is 17.5. The van der Waals surface area contributed by atoms with Gasteiger partial charge in [-0.05, 0) is 53.6 Å². The lowest BCUT2D eigenvalue weighted by Crippen LogP contribution is -2.23. The van der Waals surface area contributed by atoms with Gasteiger partial charge in [-0.3, -0.25) is 4.57 Å². The van der Waals surface area contributed by atoms with E-state index >= 15 is 0 Å². The number of hydrogen-bond acceptors (Lipinski definition) is 1. The Labute approximate surface area is 176 Å². The zero-order chi connectivity index (χ0) is 20.6. The standard InChI is InChI=1S/C27H34N2/c1-26(2,3)23-13-9-12-22(20-14-16-27(4,5)17-15-20)24(23)29-19-18-28-25(29)21-10-7-6-8-11-21/h6-13,18-20H,14-17H2,1-5H3. The van der Waals surface area contributed by atoms with E-state index < -0.39 is 0 Å². The predicted octanol–water partition coefficient (Wildman–Crippen LogP) is 7.52. The van der Waals surface area contributed by atoms with Crippen molar-refractivity contribution in [2.75, 3.05) is 0 Å². The number of aromatic nitrogens is 2. The molecule has 2 nitrogen and oxygen atoms in total. The van der Waals surface area contributed by atoms with Crippen LogP contribution in [0.25, 0.3) is 17.1 Å². The fourth-order valence-electron chi connectivity index (χ4n) is 4.76. The molecule has 0 saturated heterocycles. The third-order valence-corrected chi connectivity index (χ3v) is 6.57. The molecule has 152 valence electrons. The van der Waals surface area contributed by atoms with Gasteiger partial charge < -0.3 is 0 Å². The van der Waals surface area contributed by atoms with Crippen LogP contribution in [-0.4, -0.2) is 9.55 Å². The molecule has 2 heteroatoms. The first-order valence-corrected chi connectivity index (χ1v) is 11.0. The first-order chi connectivity index (χ1) is 13.8. The van der Waals surface area contributed by atoms with E-state index in [0.29, 0.717) is 11.3 Å². The average Bonchev–Trinajstić information content (AvgIpc) is 3.17. The lowest BCUT2D eigenvalue weighted by molar-refractivity contribution is 0.224. The van der Waals surface area contributed by atoms with Gasteiger partial charge in [0.15, 0.2) is 0 Å². The normalized spacial score (nSPS) is 17.4. The van der Waals surface area contributed by atoms with E-state index in [1.807, 2.05) is 6.20 Å². The van der Waals surface area contributed by atoms with Crippen LogP contribution in [0, 0.1) is 5.41 Å². The second kappa shape index (κ2) is 7.48. The topological polar surface area (TPSA) is 17.8 Å². The van der Waals surface area contributed by atoms with Gasteiger partial charge in [0.25, 0.3) is 0 Å². The highest BCUT2D eigenvalue weighted by Gasteiger charge is 2.31. The Morgan fingerprint density at radius 1 is 0.931 bits per heavy atom. The third kappa shape index (κ3) is 4.03. The van der Waals surface area contributed by atoms with Crippen LogP contribution in [0.4, 0.5) is 0 Å². The second-order valence-electron chi connectivity index (χ2n) is 10.4. The van der Waals surface area contributed by atoms with Crippen molar-refractivity contribution in [2.24, 2.45) is 5.41 Å². The van der Waals surface area contributed by atoms with Gasteiger partial charge in [0.1, 0.15) is 5.82 Å². The van der Waals surface area contributed by atoms with Crippen molar-refractivity contribution in [3.05, 3.63) is 72.1 Å². The zero-order valence-electron chi connectivity index (χ0n) is 18.6. The van der Waals surface area contributed by atoms with Gasteiger partial charge in [0.05, 0.1) is 5.69 Å². The number of imidazole rings is 1. The molecule has 1 heterocycles. The van der Waals surface area contributed by atoms with E-state index in [9.17, 15) is 0 Å². The summed E-state index contributed by atoms with van der Waals surface area (Å²) in [5, 5.41) is 0. The summed E-state index contributed by atoms with van der Waals surface area (Å²) in [5.74, 6) is 1.64. The van der Waals surface area contributed by atoms with Gasteiger partial charge in [0.2, 0.25) is 0 Å². The van der Waals surface area contributed by atoms with Crippen LogP contribution in [0.15, 0.2) is 60.9 Å². The predicted molar refractivity (Wildman–Crippen MR) is 123 cm³/mol. The highest BCUT2D eigenvalue weighted by molar-refractivity contribution is 5.62. The molecular weight excluding hydrogens is 352 g/mol. The maximum atomic E-state index is 4.76. The van der Waals surface area contributed by atoms with Crippen molar-refractivity contribution in [3.63, 3.8) is 0 Å².